The number of carboxylic acids is 2. The highest BCUT2D eigenvalue weighted by molar-refractivity contribution is 6.02. The second kappa shape index (κ2) is 7.95. The Morgan fingerprint density at radius 3 is 2.17 bits per heavy atom. The second-order valence-corrected chi connectivity index (χ2v) is 6.14. The average Bonchev–Trinajstić information content (AvgIpc) is 2.56. The van der Waals surface area contributed by atoms with E-state index in [1.807, 2.05) is 6.07 Å². The van der Waals surface area contributed by atoms with Gasteiger partial charge in [0.05, 0.1) is 11.1 Å². The first kappa shape index (κ1) is 18.0. The van der Waals surface area contributed by atoms with Crippen LogP contribution in [0.5, 0.6) is 0 Å². The molecule has 128 valence electrons. The Kier molecular flexibility index (Phi) is 5.96. The van der Waals surface area contributed by atoms with Crippen LogP contribution >= 0.6 is 0 Å². The third-order valence-corrected chi connectivity index (χ3v) is 4.37. The largest absolute Gasteiger partial charge is 0.478 e. The fraction of sp³-hybridized carbons (Fsp3) is 0.400. The molecule has 0 aliphatic heterocycles. The molecule has 0 atom stereocenters. The van der Waals surface area contributed by atoms with Crippen LogP contribution in [0.2, 0.25) is 0 Å². The van der Waals surface area contributed by atoms with Gasteiger partial charge in [0.2, 0.25) is 0 Å². The Hall–Kier alpha value is -2.36. The van der Waals surface area contributed by atoms with Gasteiger partial charge in [0.15, 0.2) is 0 Å². The van der Waals surface area contributed by atoms with Gasteiger partial charge in [-0.15, -0.1) is 0 Å². The number of unbranched alkanes of at least 4 members (excludes halogenated alkanes) is 2. The molecule has 2 aromatic carbocycles. The van der Waals surface area contributed by atoms with Crippen LogP contribution in [0, 0.1) is 0 Å². The molecule has 2 N–H and O–H groups in total. The van der Waals surface area contributed by atoms with E-state index in [2.05, 4.69) is 13.8 Å². The third-order valence-electron chi connectivity index (χ3n) is 4.37. The van der Waals surface area contributed by atoms with Gasteiger partial charge in [0, 0.05) is 0 Å². The number of carboxylic acid groups (broad SMARTS) is 2. The van der Waals surface area contributed by atoms with E-state index in [-0.39, 0.29) is 5.56 Å². The summed E-state index contributed by atoms with van der Waals surface area (Å²) in [7, 11) is 0. The number of hydrogen-bond donors (Lipinski definition) is 2. The summed E-state index contributed by atoms with van der Waals surface area (Å²) >= 11 is 0. The molecule has 0 radical (unpaired) electrons. The highest BCUT2D eigenvalue weighted by Gasteiger charge is 2.19. The molecule has 0 fully saturated rings. The Morgan fingerprint density at radius 2 is 1.58 bits per heavy atom. The van der Waals surface area contributed by atoms with Crippen molar-refractivity contribution in [3.8, 4) is 0 Å². The van der Waals surface area contributed by atoms with Crippen molar-refractivity contribution in [2.45, 2.75) is 52.4 Å². The highest BCUT2D eigenvalue weighted by atomic mass is 16.4. The number of benzene rings is 2. The van der Waals surface area contributed by atoms with Crippen LogP contribution in [-0.2, 0) is 12.8 Å². The minimum absolute atomic E-state index is 0.230. The first-order valence-corrected chi connectivity index (χ1v) is 8.54. The van der Waals surface area contributed by atoms with Crippen molar-refractivity contribution in [1.82, 2.24) is 0 Å². The Bertz CT molecular complexity index is 762. The molecule has 0 unspecified atom stereocenters. The molecular formula is C20H24O4. The zero-order chi connectivity index (χ0) is 17.7. The van der Waals surface area contributed by atoms with Crippen LogP contribution in [0.4, 0.5) is 0 Å². The first-order chi connectivity index (χ1) is 11.5. The SMILES string of the molecule is CCCCc1cc2cc(C(=O)O)ccc2c(CCCC)c1C(=O)O. The predicted octanol–water partition coefficient (Wildman–Crippen LogP) is 4.92. The van der Waals surface area contributed by atoms with Crippen molar-refractivity contribution >= 4 is 22.7 Å². The van der Waals surface area contributed by atoms with E-state index in [0.29, 0.717) is 18.4 Å². The van der Waals surface area contributed by atoms with Gasteiger partial charge in [-0.25, -0.2) is 9.59 Å². The third kappa shape index (κ3) is 3.75. The van der Waals surface area contributed by atoms with Crippen molar-refractivity contribution in [2.24, 2.45) is 0 Å². The summed E-state index contributed by atoms with van der Waals surface area (Å²) in [4.78, 5) is 23.1. The Labute approximate surface area is 142 Å². The minimum atomic E-state index is -0.968. The van der Waals surface area contributed by atoms with Crippen molar-refractivity contribution < 1.29 is 19.8 Å². The molecule has 0 aliphatic carbocycles. The van der Waals surface area contributed by atoms with Crippen LogP contribution in [0.15, 0.2) is 24.3 Å². The summed E-state index contributed by atoms with van der Waals surface area (Å²) in [6.07, 6.45) is 5.18. The Balaban J connectivity index is 2.73. The lowest BCUT2D eigenvalue weighted by Gasteiger charge is -2.16. The van der Waals surface area contributed by atoms with Gasteiger partial charge >= 0.3 is 11.9 Å². The lowest BCUT2D eigenvalue weighted by Crippen LogP contribution is -2.09. The molecule has 24 heavy (non-hydrogen) atoms. The summed E-state index contributed by atoms with van der Waals surface area (Å²) in [5.41, 5.74) is 2.29. The molecule has 0 spiro atoms. The van der Waals surface area contributed by atoms with E-state index in [0.717, 1.165) is 47.6 Å². The number of aromatic carboxylic acids is 2. The number of fused-ring (bicyclic) bond motifs is 1. The van der Waals surface area contributed by atoms with Gasteiger partial charge in [0.1, 0.15) is 0 Å². The zero-order valence-electron chi connectivity index (χ0n) is 14.3. The fourth-order valence-electron chi connectivity index (χ4n) is 3.12. The second-order valence-electron chi connectivity index (χ2n) is 6.14. The molecular weight excluding hydrogens is 304 g/mol. The number of hydrogen-bond acceptors (Lipinski definition) is 2. The molecule has 4 heteroatoms. The lowest BCUT2D eigenvalue weighted by atomic mass is 9.88. The van der Waals surface area contributed by atoms with Gasteiger partial charge in [-0.05, 0) is 59.7 Å². The molecule has 0 bridgehead atoms. The summed E-state index contributed by atoms with van der Waals surface area (Å²) in [6, 6.07) is 6.81. The molecule has 0 amide bonds. The van der Waals surface area contributed by atoms with E-state index in [4.69, 9.17) is 0 Å². The van der Waals surface area contributed by atoms with Crippen molar-refractivity contribution in [3.05, 3.63) is 46.5 Å². The van der Waals surface area contributed by atoms with Gasteiger partial charge in [0.25, 0.3) is 0 Å². The number of rotatable bonds is 8. The lowest BCUT2D eigenvalue weighted by molar-refractivity contribution is 0.0684. The molecule has 0 aliphatic rings. The summed E-state index contributed by atoms with van der Waals surface area (Å²) < 4.78 is 0. The van der Waals surface area contributed by atoms with Crippen LogP contribution in [0.1, 0.15) is 71.4 Å². The van der Waals surface area contributed by atoms with Crippen molar-refractivity contribution in [3.63, 3.8) is 0 Å². The standard InChI is InChI=1S/C20H24O4/c1-3-5-7-13-11-15-12-14(19(21)22)9-10-16(15)17(8-6-4-2)18(13)20(23)24/h9-12H,3-8H2,1-2H3,(H,21,22)(H,23,24). The molecule has 2 aromatic rings. The molecule has 0 saturated carbocycles. The van der Waals surface area contributed by atoms with Gasteiger partial charge < -0.3 is 10.2 Å². The predicted molar refractivity (Wildman–Crippen MR) is 95.1 cm³/mol. The van der Waals surface area contributed by atoms with Crippen LogP contribution < -0.4 is 0 Å². The molecule has 2 rings (SSSR count). The fourth-order valence-corrected chi connectivity index (χ4v) is 3.12. The summed E-state index contributed by atoms with van der Waals surface area (Å²) in [5, 5.41) is 20.6. The summed E-state index contributed by atoms with van der Waals surface area (Å²) in [5.74, 6) is -1.86. The maximum absolute atomic E-state index is 11.9. The van der Waals surface area contributed by atoms with Crippen LogP contribution in [-0.4, -0.2) is 22.2 Å². The summed E-state index contributed by atoms with van der Waals surface area (Å²) in [6.45, 7) is 4.15. The van der Waals surface area contributed by atoms with E-state index in [1.54, 1.807) is 18.2 Å². The van der Waals surface area contributed by atoms with Crippen molar-refractivity contribution in [1.29, 1.82) is 0 Å². The highest BCUT2D eigenvalue weighted by Crippen LogP contribution is 2.30. The number of aryl methyl sites for hydroxylation is 2. The van der Waals surface area contributed by atoms with Crippen LogP contribution in [0.25, 0.3) is 10.8 Å². The van der Waals surface area contributed by atoms with E-state index < -0.39 is 11.9 Å². The normalized spacial score (nSPS) is 10.9. The van der Waals surface area contributed by atoms with Gasteiger partial charge in [-0.1, -0.05) is 38.8 Å². The van der Waals surface area contributed by atoms with Crippen molar-refractivity contribution in [2.75, 3.05) is 0 Å². The first-order valence-electron chi connectivity index (χ1n) is 8.54. The monoisotopic (exact) mass is 328 g/mol. The van der Waals surface area contributed by atoms with Gasteiger partial charge in [-0.2, -0.15) is 0 Å². The average molecular weight is 328 g/mol. The van der Waals surface area contributed by atoms with E-state index >= 15 is 0 Å². The van der Waals surface area contributed by atoms with E-state index in [9.17, 15) is 19.8 Å². The Morgan fingerprint density at radius 1 is 0.917 bits per heavy atom. The number of carbonyl (C=O) groups is 2. The zero-order valence-corrected chi connectivity index (χ0v) is 14.3. The smallest absolute Gasteiger partial charge is 0.336 e. The molecule has 4 nitrogen and oxygen atoms in total. The quantitative estimate of drug-likeness (QED) is 0.721. The van der Waals surface area contributed by atoms with E-state index in [1.165, 1.54) is 0 Å². The molecule has 0 heterocycles. The minimum Gasteiger partial charge on any atom is -0.478 e. The molecule has 0 aromatic heterocycles. The maximum Gasteiger partial charge on any atom is 0.336 e. The maximum atomic E-state index is 11.9. The van der Waals surface area contributed by atoms with Gasteiger partial charge in [-0.3, -0.25) is 0 Å². The van der Waals surface area contributed by atoms with Crippen LogP contribution in [0.3, 0.4) is 0 Å². The topological polar surface area (TPSA) is 74.6 Å². The molecule has 0 saturated heterocycles.